The predicted octanol–water partition coefficient (Wildman–Crippen LogP) is 1.96. The van der Waals surface area contributed by atoms with Gasteiger partial charge in [0.1, 0.15) is 5.82 Å². The summed E-state index contributed by atoms with van der Waals surface area (Å²) in [6.07, 6.45) is 1.49. The number of carbonyl (C=O) groups is 1. The van der Waals surface area contributed by atoms with E-state index in [1.807, 2.05) is 0 Å². The molecule has 0 aliphatic carbocycles. The van der Waals surface area contributed by atoms with Gasteiger partial charge in [-0.3, -0.25) is 4.98 Å². The molecule has 92 valence electrons. The van der Waals surface area contributed by atoms with Crippen LogP contribution in [0.5, 0.6) is 0 Å². The monoisotopic (exact) mass is 259 g/mol. The van der Waals surface area contributed by atoms with Crippen molar-refractivity contribution in [1.82, 2.24) is 4.98 Å². The van der Waals surface area contributed by atoms with E-state index in [9.17, 15) is 9.18 Å². The first kappa shape index (κ1) is 12.3. The van der Waals surface area contributed by atoms with E-state index >= 15 is 0 Å². The van der Waals surface area contributed by atoms with Crippen molar-refractivity contribution in [2.24, 2.45) is 0 Å². The van der Waals surface area contributed by atoms with Gasteiger partial charge in [-0.05, 0) is 18.6 Å². The molecule has 2 unspecified atom stereocenters. The minimum absolute atomic E-state index is 0.418. The Morgan fingerprint density at radius 1 is 1.65 bits per heavy atom. The third-order valence-electron chi connectivity index (χ3n) is 2.88. The van der Waals surface area contributed by atoms with Crippen molar-refractivity contribution in [2.45, 2.75) is 24.0 Å². The predicted molar refractivity (Wildman–Crippen MR) is 57.8 cm³/mol. The van der Waals surface area contributed by atoms with Crippen molar-refractivity contribution in [1.29, 1.82) is 0 Å². The Morgan fingerprint density at radius 2 is 2.35 bits per heavy atom. The minimum atomic E-state index is -1.55. The highest BCUT2D eigenvalue weighted by atomic mass is 35.5. The largest absolute Gasteiger partial charge is 0.466 e. The van der Waals surface area contributed by atoms with Gasteiger partial charge in [0.2, 0.25) is 0 Å². The van der Waals surface area contributed by atoms with Crippen LogP contribution in [0, 0.1) is 5.82 Å². The van der Waals surface area contributed by atoms with Crippen molar-refractivity contribution in [3.63, 3.8) is 0 Å². The van der Waals surface area contributed by atoms with Crippen LogP contribution in [0.3, 0.4) is 0 Å². The second-order valence-corrected chi connectivity index (χ2v) is 4.26. The van der Waals surface area contributed by atoms with E-state index in [2.05, 4.69) is 9.72 Å². The van der Waals surface area contributed by atoms with E-state index in [1.54, 1.807) is 6.92 Å². The van der Waals surface area contributed by atoms with Gasteiger partial charge >= 0.3 is 5.97 Å². The van der Waals surface area contributed by atoms with E-state index in [4.69, 9.17) is 16.3 Å². The van der Waals surface area contributed by atoms with Crippen LogP contribution in [0.25, 0.3) is 0 Å². The molecule has 0 bridgehead atoms. The van der Waals surface area contributed by atoms with Gasteiger partial charge in [0.05, 0.1) is 19.0 Å². The van der Waals surface area contributed by atoms with Crippen LogP contribution in [0.15, 0.2) is 18.3 Å². The zero-order valence-corrected chi connectivity index (χ0v) is 10.1. The molecule has 1 aromatic heterocycles. The summed E-state index contributed by atoms with van der Waals surface area (Å²) in [7, 11) is 1.23. The first-order valence-electron chi connectivity index (χ1n) is 5.09. The lowest BCUT2D eigenvalue weighted by atomic mass is 9.97. The number of ether oxygens (including phenoxy) is 2. The van der Waals surface area contributed by atoms with E-state index in [0.29, 0.717) is 12.1 Å². The summed E-state index contributed by atoms with van der Waals surface area (Å²) in [5.74, 6) is -1.13. The zero-order valence-electron chi connectivity index (χ0n) is 9.37. The van der Waals surface area contributed by atoms with Crippen LogP contribution in [0.4, 0.5) is 4.39 Å². The number of alkyl halides is 1. The fourth-order valence-electron chi connectivity index (χ4n) is 1.86. The molecule has 1 saturated heterocycles. The van der Waals surface area contributed by atoms with Crippen molar-refractivity contribution < 1.29 is 18.7 Å². The number of epoxide rings is 1. The number of carbonyl (C=O) groups excluding carboxylic acids is 1. The third kappa shape index (κ3) is 1.61. The maximum absolute atomic E-state index is 12.8. The second-order valence-electron chi connectivity index (χ2n) is 3.73. The highest BCUT2D eigenvalue weighted by Gasteiger charge is 2.76. The van der Waals surface area contributed by atoms with Gasteiger partial charge in [-0.2, -0.15) is 0 Å². The summed E-state index contributed by atoms with van der Waals surface area (Å²) in [6, 6.07) is 2.70. The molecule has 0 spiro atoms. The molecule has 6 heteroatoms. The molecular weight excluding hydrogens is 249 g/mol. The molecule has 1 aromatic rings. The number of pyridine rings is 1. The highest BCUT2D eigenvalue weighted by molar-refractivity contribution is 6.35. The standard InChI is InChI=1S/C11H11ClFNO3/c1-3-10(8-5-4-7(13)6-14-8)11(12,17-10)9(15)16-2/h4-6H,3H2,1-2H3. The van der Waals surface area contributed by atoms with Gasteiger partial charge in [-0.15, -0.1) is 0 Å². The molecule has 4 nitrogen and oxygen atoms in total. The Kier molecular flexibility index (Phi) is 2.83. The number of hydrogen-bond acceptors (Lipinski definition) is 4. The van der Waals surface area contributed by atoms with Gasteiger partial charge in [-0.1, -0.05) is 18.5 Å². The summed E-state index contributed by atoms with van der Waals surface area (Å²) in [5, 5.41) is -1.55. The van der Waals surface area contributed by atoms with Crippen molar-refractivity contribution in [2.75, 3.05) is 7.11 Å². The Labute approximate surface area is 103 Å². The second kappa shape index (κ2) is 3.92. The molecular formula is C11H11ClFNO3. The number of methoxy groups -OCH3 is 1. The van der Waals surface area contributed by atoms with Crippen molar-refractivity contribution >= 4 is 17.6 Å². The Balaban J connectivity index is 2.36. The minimum Gasteiger partial charge on any atom is -0.466 e. The molecule has 0 aromatic carbocycles. The normalized spacial score (nSPS) is 31.1. The van der Waals surface area contributed by atoms with Crippen LogP contribution < -0.4 is 0 Å². The van der Waals surface area contributed by atoms with Gasteiger partial charge in [0.15, 0.2) is 5.60 Å². The molecule has 0 N–H and O–H groups in total. The van der Waals surface area contributed by atoms with Gasteiger partial charge < -0.3 is 9.47 Å². The molecule has 1 fully saturated rings. The number of halogens is 2. The zero-order chi connectivity index (χ0) is 12.7. The first-order valence-corrected chi connectivity index (χ1v) is 5.47. The van der Waals surface area contributed by atoms with Crippen LogP contribution in [0.1, 0.15) is 19.0 Å². The molecule has 0 radical (unpaired) electrons. The molecule has 1 aliphatic rings. The average molecular weight is 260 g/mol. The molecule has 2 heterocycles. The number of hydrogen-bond donors (Lipinski definition) is 0. The van der Waals surface area contributed by atoms with E-state index in [1.165, 1.54) is 19.2 Å². The fourth-order valence-corrected chi connectivity index (χ4v) is 2.30. The summed E-state index contributed by atoms with van der Waals surface area (Å²) < 4.78 is 22.7. The van der Waals surface area contributed by atoms with E-state index in [0.717, 1.165) is 6.20 Å². The Hall–Kier alpha value is -1.20. The quantitative estimate of drug-likeness (QED) is 0.473. The van der Waals surface area contributed by atoms with Crippen molar-refractivity contribution in [3.8, 4) is 0 Å². The number of nitrogens with zero attached hydrogens (tertiary/aromatic N) is 1. The molecule has 0 saturated carbocycles. The Morgan fingerprint density at radius 3 is 2.82 bits per heavy atom. The summed E-state index contributed by atoms with van der Waals surface area (Å²) in [4.78, 5) is 15.4. The molecule has 1 aliphatic heterocycles. The fraction of sp³-hybridized carbons (Fsp3) is 0.455. The lowest BCUT2D eigenvalue weighted by molar-refractivity contribution is -0.143. The van der Waals surface area contributed by atoms with Crippen LogP contribution in [0.2, 0.25) is 0 Å². The van der Waals surface area contributed by atoms with Gasteiger partial charge in [-0.25, -0.2) is 9.18 Å². The van der Waals surface area contributed by atoms with Crippen LogP contribution >= 0.6 is 11.6 Å². The smallest absolute Gasteiger partial charge is 0.357 e. The maximum atomic E-state index is 12.8. The maximum Gasteiger partial charge on any atom is 0.357 e. The lowest BCUT2D eigenvalue weighted by Crippen LogP contribution is -2.29. The number of esters is 1. The molecule has 2 rings (SSSR count). The first-order chi connectivity index (χ1) is 8.00. The molecule has 17 heavy (non-hydrogen) atoms. The number of aromatic nitrogens is 1. The highest BCUT2D eigenvalue weighted by Crippen LogP contribution is 2.60. The molecule has 2 atom stereocenters. The Bertz CT molecular complexity index is 453. The van der Waals surface area contributed by atoms with Crippen molar-refractivity contribution in [3.05, 3.63) is 29.8 Å². The van der Waals surface area contributed by atoms with E-state index in [-0.39, 0.29) is 0 Å². The summed E-state index contributed by atoms with van der Waals surface area (Å²) >= 11 is 6.06. The SMILES string of the molecule is CCC1(c2ccc(F)cn2)OC1(Cl)C(=O)OC. The summed E-state index contributed by atoms with van der Waals surface area (Å²) in [5.41, 5.74) is -0.614. The third-order valence-corrected chi connectivity index (χ3v) is 3.42. The van der Waals surface area contributed by atoms with Crippen LogP contribution in [-0.2, 0) is 19.9 Å². The lowest BCUT2D eigenvalue weighted by Gasteiger charge is -2.11. The number of rotatable bonds is 3. The molecule has 0 amide bonds. The topological polar surface area (TPSA) is 51.7 Å². The van der Waals surface area contributed by atoms with Crippen LogP contribution in [-0.4, -0.2) is 23.1 Å². The summed E-state index contributed by atoms with van der Waals surface area (Å²) in [6.45, 7) is 1.80. The average Bonchev–Trinajstić information content (AvgIpc) is 2.97. The van der Waals surface area contributed by atoms with Gasteiger partial charge in [0.25, 0.3) is 5.06 Å². The van der Waals surface area contributed by atoms with Gasteiger partial charge in [0, 0.05) is 0 Å². The van der Waals surface area contributed by atoms with E-state index < -0.39 is 22.4 Å².